The molecule has 0 fully saturated rings. The van der Waals surface area contributed by atoms with E-state index in [1.54, 1.807) is 6.26 Å². The fraction of sp³-hybridized carbons (Fsp3) is 0.0909. The topological polar surface area (TPSA) is 81.1 Å². The number of rotatable bonds is 3. The second-order valence-electron chi connectivity index (χ2n) is 3.46. The Morgan fingerprint density at radius 2 is 2.06 bits per heavy atom. The predicted molar refractivity (Wildman–Crippen MR) is 66.7 cm³/mol. The summed E-state index contributed by atoms with van der Waals surface area (Å²) in [5.41, 5.74) is 6.24. The van der Waals surface area contributed by atoms with E-state index in [-0.39, 0.29) is 17.2 Å². The van der Waals surface area contributed by atoms with E-state index < -0.39 is 5.97 Å². The van der Waals surface area contributed by atoms with Crippen LogP contribution in [0.5, 0.6) is 0 Å². The third kappa shape index (κ3) is 2.04. The summed E-state index contributed by atoms with van der Waals surface area (Å²) >= 11 is 1.19. The van der Waals surface area contributed by atoms with Gasteiger partial charge in [-0.15, -0.1) is 11.8 Å². The number of hydrogen-bond acceptors (Lipinski definition) is 4. The zero-order chi connectivity index (χ0) is 13.3. The van der Waals surface area contributed by atoms with Crippen molar-refractivity contribution in [1.29, 1.82) is 0 Å². The van der Waals surface area contributed by atoms with E-state index in [0.29, 0.717) is 10.7 Å². The van der Waals surface area contributed by atoms with Crippen LogP contribution in [0.25, 0.3) is 5.69 Å². The lowest BCUT2D eigenvalue weighted by atomic mass is 10.3. The number of hydrogen-bond donors (Lipinski definition) is 2. The molecular formula is C11H10FN3O2S. The number of halogens is 1. The van der Waals surface area contributed by atoms with Gasteiger partial charge < -0.3 is 10.8 Å². The minimum Gasteiger partial charge on any atom is -0.477 e. The Kier molecular flexibility index (Phi) is 3.24. The lowest BCUT2D eigenvalue weighted by Crippen LogP contribution is -2.05. The van der Waals surface area contributed by atoms with E-state index in [1.165, 1.54) is 40.7 Å². The largest absolute Gasteiger partial charge is 0.477 e. The highest BCUT2D eigenvalue weighted by Gasteiger charge is 2.21. The highest BCUT2D eigenvalue weighted by atomic mass is 32.2. The van der Waals surface area contributed by atoms with Crippen LogP contribution in [0.15, 0.2) is 29.3 Å². The molecule has 0 radical (unpaired) electrons. The minimum atomic E-state index is -1.13. The van der Waals surface area contributed by atoms with Crippen LogP contribution in [0.3, 0.4) is 0 Å². The molecule has 2 rings (SSSR count). The molecule has 3 N–H and O–H groups in total. The van der Waals surface area contributed by atoms with Crippen molar-refractivity contribution < 1.29 is 14.3 Å². The molecule has 0 aliphatic carbocycles. The van der Waals surface area contributed by atoms with Crippen LogP contribution >= 0.6 is 11.8 Å². The van der Waals surface area contributed by atoms with Crippen LogP contribution in [0, 0.1) is 5.82 Å². The summed E-state index contributed by atoms with van der Waals surface area (Å²) in [5.74, 6) is -1.49. The van der Waals surface area contributed by atoms with Crippen molar-refractivity contribution in [2.45, 2.75) is 5.03 Å². The number of nitrogen functional groups attached to an aromatic ring is 1. The molecule has 18 heavy (non-hydrogen) atoms. The average molecular weight is 267 g/mol. The maximum Gasteiger partial charge on any atom is 0.342 e. The molecule has 0 spiro atoms. The Bertz CT molecular complexity index is 595. The fourth-order valence-corrected chi connectivity index (χ4v) is 2.09. The number of carboxylic acids is 1. The lowest BCUT2D eigenvalue weighted by Gasteiger charge is -2.03. The van der Waals surface area contributed by atoms with Crippen molar-refractivity contribution in [3.05, 3.63) is 35.6 Å². The number of benzene rings is 1. The molecule has 2 aromatic rings. The normalized spacial score (nSPS) is 10.6. The Hall–Kier alpha value is -2.02. The Morgan fingerprint density at radius 1 is 1.44 bits per heavy atom. The number of carboxylic acid groups (broad SMARTS) is 1. The number of thioether (sulfide) groups is 1. The first-order chi connectivity index (χ1) is 8.54. The Balaban J connectivity index is 2.59. The summed E-state index contributed by atoms with van der Waals surface area (Å²) in [5, 5.41) is 13.5. The summed E-state index contributed by atoms with van der Waals surface area (Å²) in [6.45, 7) is 0. The molecule has 0 aliphatic heterocycles. The summed E-state index contributed by atoms with van der Waals surface area (Å²) in [6.07, 6.45) is 1.71. The first kappa shape index (κ1) is 12.4. The van der Waals surface area contributed by atoms with Crippen LogP contribution < -0.4 is 5.73 Å². The molecule has 0 saturated heterocycles. The van der Waals surface area contributed by atoms with Crippen molar-refractivity contribution in [2.24, 2.45) is 0 Å². The van der Waals surface area contributed by atoms with Crippen molar-refractivity contribution in [1.82, 2.24) is 9.78 Å². The first-order valence-corrected chi connectivity index (χ1v) is 6.18. The second kappa shape index (κ2) is 4.69. The SMILES string of the molecule is CSc1nn(-c2ccc(F)cc2)c(N)c1C(=O)O. The van der Waals surface area contributed by atoms with E-state index in [4.69, 9.17) is 10.8 Å². The number of anilines is 1. The maximum atomic E-state index is 12.8. The molecule has 0 unspecified atom stereocenters. The van der Waals surface area contributed by atoms with Crippen molar-refractivity contribution in [3.63, 3.8) is 0 Å². The van der Waals surface area contributed by atoms with E-state index in [0.717, 1.165) is 0 Å². The van der Waals surface area contributed by atoms with Gasteiger partial charge in [-0.25, -0.2) is 13.9 Å². The number of aromatic carboxylic acids is 1. The highest BCUT2D eigenvalue weighted by Crippen LogP contribution is 2.27. The van der Waals surface area contributed by atoms with E-state index >= 15 is 0 Å². The molecular weight excluding hydrogens is 257 g/mol. The highest BCUT2D eigenvalue weighted by molar-refractivity contribution is 7.98. The lowest BCUT2D eigenvalue weighted by molar-refractivity contribution is 0.0694. The quantitative estimate of drug-likeness (QED) is 0.831. The molecule has 0 aliphatic rings. The number of carbonyl (C=O) groups is 1. The average Bonchev–Trinajstić information content (AvgIpc) is 2.67. The van der Waals surface area contributed by atoms with E-state index in [9.17, 15) is 9.18 Å². The van der Waals surface area contributed by atoms with Gasteiger partial charge in [0.2, 0.25) is 0 Å². The third-order valence-corrected chi connectivity index (χ3v) is 3.04. The van der Waals surface area contributed by atoms with Gasteiger partial charge in [0.15, 0.2) is 0 Å². The minimum absolute atomic E-state index is 0.0264. The van der Waals surface area contributed by atoms with Crippen molar-refractivity contribution in [2.75, 3.05) is 12.0 Å². The van der Waals surface area contributed by atoms with Gasteiger partial charge in [0.1, 0.15) is 22.2 Å². The number of nitrogens with two attached hydrogens (primary N) is 1. The molecule has 0 atom stereocenters. The van der Waals surface area contributed by atoms with Crippen LogP contribution in [-0.4, -0.2) is 27.1 Å². The summed E-state index contributed by atoms with van der Waals surface area (Å²) in [6, 6.07) is 5.48. The van der Waals surface area contributed by atoms with Gasteiger partial charge in [-0.2, -0.15) is 5.10 Å². The van der Waals surface area contributed by atoms with Gasteiger partial charge in [-0.1, -0.05) is 0 Å². The van der Waals surface area contributed by atoms with Gasteiger partial charge in [0.05, 0.1) is 5.69 Å². The molecule has 1 heterocycles. The molecule has 94 valence electrons. The van der Waals surface area contributed by atoms with Gasteiger partial charge in [-0.05, 0) is 30.5 Å². The van der Waals surface area contributed by atoms with Gasteiger partial charge in [0.25, 0.3) is 0 Å². The molecule has 0 saturated carbocycles. The third-order valence-electron chi connectivity index (χ3n) is 2.37. The first-order valence-electron chi connectivity index (χ1n) is 4.96. The van der Waals surface area contributed by atoms with Gasteiger partial charge in [-0.3, -0.25) is 0 Å². The van der Waals surface area contributed by atoms with Crippen LogP contribution in [0.2, 0.25) is 0 Å². The fourth-order valence-electron chi connectivity index (χ4n) is 1.53. The monoisotopic (exact) mass is 267 g/mol. The predicted octanol–water partition coefficient (Wildman–Crippen LogP) is 2.01. The van der Waals surface area contributed by atoms with E-state index in [1.807, 2.05) is 0 Å². The zero-order valence-corrected chi connectivity index (χ0v) is 10.2. The van der Waals surface area contributed by atoms with Gasteiger partial charge >= 0.3 is 5.97 Å². The molecule has 0 amide bonds. The summed E-state index contributed by atoms with van der Waals surface area (Å²) in [7, 11) is 0. The van der Waals surface area contributed by atoms with Crippen LogP contribution in [-0.2, 0) is 0 Å². The van der Waals surface area contributed by atoms with Crippen molar-refractivity contribution >= 4 is 23.5 Å². The molecule has 1 aromatic heterocycles. The summed E-state index contributed by atoms with van der Waals surface area (Å²) < 4.78 is 14.1. The molecule has 7 heteroatoms. The van der Waals surface area contributed by atoms with Gasteiger partial charge in [0, 0.05) is 0 Å². The van der Waals surface area contributed by atoms with Crippen LogP contribution in [0.1, 0.15) is 10.4 Å². The second-order valence-corrected chi connectivity index (χ2v) is 4.26. The standard InChI is InChI=1S/C11H10FN3O2S/c1-18-10-8(11(16)17)9(13)15(14-10)7-4-2-6(12)3-5-7/h2-5H,13H2,1H3,(H,16,17). The van der Waals surface area contributed by atoms with E-state index in [2.05, 4.69) is 5.10 Å². The smallest absolute Gasteiger partial charge is 0.342 e. The molecule has 1 aromatic carbocycles. The van der Waals surface area contributed by atoms with Crippen molar-refractivity contribution in [3.8, 4) is 5.69 Å². The number of aromatic nitrogens is 2. The van der Waals surface area contributed by atoms with Crippen LogP contribution in [0.4, 0.5) is 10.2 Å². The Morgan fingerprint density at radius 3 is 2.50 bits per heavy atom. The molecule has 5 nitrogen and oxygen atoms in total. The Labute approximate surface area is 106 Å². The zero-order valence-electron chi connectivity index (χ0n) is 9.42. The number of nitrogens with zero attached hydrogens (tertiary/aromatic N) is 2. The summed E-state index contributed by atoms with van der Waals surface area (Å²) in [4.78, 5) is 11.1. The molecule has 0 bridgehead atoms. The maximum absolute atomic E-state index is 12.8.